The van der Waals surface area contributed by atoms with Gasteiger partial charge in [-0.25, -0.2) is 9.59 Å². The Hall–Kier alpha value is -1.30. The summed E-state index contributed by atoms with van der Waals surface area (Å²) in [5.74, 6) is -0.604. The van der Waals surface area contributed by atoms with Crippen molar-refractivity contribution in [2.75, 3.05) is 20.1 Å². The maximum Gasteiger partial charge on any atom is 0.326 e. The molecule has 1 fully saturated rings. The van der Waals surface area contributed by atoms with Crippen molar-refractivity contribution < 1.29 is 14.7 Å². The predicted octanol–water partition coefficient (Wildman–Crippen LogP) is 0.879. The van der Waals surface area contributed by atoms with E-state index in [0.29, 0.717) is 12.3 Å². The van der Waals surface area contributed by atoms with E-state index in [2.05, 4.69) is 29.5 Å². The van der Waals surface area contributed by atoms with E-state index < -0.39 is 12.0 Å². The van der Waals surface area contributed by atoms with Crippen LogP contribution in [0.5, 0.6) is 0 Å². The number of hydrogen-bond donors (Lipinski definition) is 3. The molecule has 0 aromatic rings. The molecule has 19 heavy (non-hydrogen) atoms. The van der Waals surface area contributed by atoms with Crippen LogP contribution >= 0.6 is 0 Å². The van der Waals surface area contributed by atoms with Crippen LogP contribution in [-0.4, -0.2) is 54.2 Å². The third-order valence-corrected chi connectivity index (χ3v) is 3.61. The molecule has 1 rings (SSSR count). The minimum absolute atomic E-state index is 0.118. The molecule has 2 amide bonds. The fraction of sp³-hybridized carbons (Fsp3) is 0.846. The fourth-order valence-corrected chi connectivity index (χ4v) is 2.48. The summed E-state index contributed by atoms with van der Waals surface area (Å²) in [6.07, 6.45) is 2.07. The van der Waals surface area contributed by atoms with Gasteiger partial charge in [-0.1, -0.05) is 20.3 Å². The van der Waals surface area contributed by atoms with Gasteiger partial charge in [0.05, 0.1) is 0 Å². The van der Waals surface area contributed by atoms with E-state index in [-0.39, 0.29) is 12.1 Å². The summed E-state index contributed by atoms with van der Waals surface area (Å²) in [6.45, 7) is 5.89. The van der Waals surface area contributed by atoms with Crippen molar-refractivity contribution in [1.29, 1.82) is 0 Å². The third-order valence-electron chi connectivity index (χ3n) is 3.61. The molecule has 110 valence electrons. The molecule has 6 nitrogen and oxygen atoms in total. The first-order chi connectivity index (χ1) is 8.93. The molecule has 1 heterocycles. The topological polar surface area (TPSA) is 81.7 Å². The standard InChI is InChI=1S/C13H25N3O3/c1-4-5-11(12(17)18)15-13(19)14-10-6-7-16(3)8-9(10)2/h9-11H,4-8H2,1-3H3,(H,17,18)(H2,14,15,19)/t9?,10?,11-/m1/s1. The lowest BCUT2D eigenvalue weighted by Gasteiger charge is -2.35. The van der Waals surface area contributed by atoms with E-state index in [1.807, 2.05) is 6.92 Å². The number of piperidine rings is 1. The number of carboxylic acids is 1. The maximum atomic E-state index is 11.8. The van der Waals surface area contributed by atoms with Crippen LogP contribution in [0.15, 0.2) is 0 Å². The zero-order chi connectivity index (χ0) is 14.4. The van der Waals surface area contributed by atoms with Gasteiger partial charge in [0.1, 0.15) is 6.04 Å². The van der Waals surface area contributed by atoms with Gasteiger partial charge < -0.3 is 20.6 Å². The molecule has 1 saturated heterocycles. The minimum atomic E-state index is -0.978. The van der Waals surface area contributed by atoms with Gasteiger partial charge in [-0.3, -0.25) is 0 Å². The lowest BCUT2D eigenvalue weighted by molar-refractivity contribution is -0.139. The molecule has 0 saturated carbocycles. The summed E-state index contributed by atoms with van der Waals surface area (Å²) < 4.78 is 0. The largest absolute Gasteiger partial charge is 0.480 e. The third kappa shape index (κ3) is 5.06. The summed E-state index contributed by atoms with van der Waals surface area (Å²) >= 11 is 0. The summed E-state index contributed by atoms with van der Waals surface area (Å²) in [7, 11) is 2.06. The Morgan fingerprint density at radius 1 is 1.47 bits per heavy atom. The summed E-state index contributed by atoms with van der Waals surface area (Å²) in [6, 6.07) is -1.05. The summed E-state index contributed by atoms with van der Waals surface area (Å²) in [4.78, 5) is 25.0. The molecule has 0 spiro atoms. The van der Waals surface area contributed by atoms with E-state index >= 15 is 0 Å². The number of rotatable bonds is 5. The van der Waals surface area contributed by atoms with Gasteiger partial charge in [0.25, 0.3) is 0 Å². The van der Waals surface area contributed by atoms with Crippen molar-refractivity contribution in [3.8, 4) is 0 Å². The van der Waals surface area contributed by atoms with E-state index in [9.17, 15) is 9.59 Å². The molecule has 0 aliphatic carbocycles. The number of amides is 2. The normalized spacial score (nSPS) is 25.6. The summed E-state index contributed by atoms with van der Waals surface area (Å²) in [5, 5.41) is 14.4. The maximum absolute atomic E-state index is 11.8. The van der Waals surface area contributed by atoms with Crippen LogP contribution in [0.3, 0.4) is 0 Å². The first-order valence-corrected chi connectivity index (χ1v) is 6.92. The quantitative estimate of drug-likeness (QED) is 0.693. The smallest absolute Gasteiger partial charge is 0.326 e. The first kappa shape index (κ1) is 15.8. The number of nitrogens with zero attached hydrogens (tertiary/aromatic N) is 1. The number of carboxylic acid groups (broad SMARTS) is 1. The number of carbonyl (C=O) groups excluding carboxylic acids is 1. The van der Waals surface area contributed by atoms with Crippen LogP contribution in [0.2, 0.25) is 0 Å². The molecule has 0 bridgehead atoms. The molecule has 0 aromatic carbocycles. The van der Waals surface area contributed by atoms with Gasteiger partial charge in [-0.2, -0.15) is 0 Å². The molecule has 0 aromatic heterocycles. The van der Waals surface area contributed by atoms with Gasteiger partial charge in [0.2, 0.25) is 0 Å². The number of urea groups is 1. The molecule has 6 heteroatoms. The number of aliphatic carboxylic acids is 1. The van der Waals surface area contributed by atoms with Crippen molar-refractivity contribution in [3.63, 3.8) is 0 Å². The van der Waals surface area contributed by atoms with E-state index in [1.54, 1.807) is 0 Å². The van der Waals surface area contributed by atoms with Crippen LogP contribution in [-0.2, 0) is 4.79 Å². The Bertz CT molecular complexity index is 322. The number of likely N-dealkylation sites (tertiary alicyclic amines) is 1. The number of hydrogen-bond acceptors (Lipinski definition) is 3. The summed E-state index contributed by atoms with van der Waals surface area (Å²) in [5.41, 5.74) is 0. The van der Waals surface area contributed by atoms with E-state index in [4.69, 9.17) is 5.11 Å². The average Bonchev–Trinajstić information content (AvgIpc) is 2.32. The lowest BCUT2D eigenvalue weighted by atomic mass is 9.94. The zero-order valence-electron chi connectivity index (χ0n) is 12.0. The monoisotopic (exact) mass is 271 g/mol. The van der Waals surface area contributed by atoms with E-state index in [0.717, 1.165) is 25.9 Å². The van der Waals surface area contributed by atoms with Crippen LogP contribution < -0.4 is 10.6 Å². The molecule has 3 atom stereocenters. The van der Waals surface area contributed by atoms with Crippen LogP contribution in [0, 0.1) is 5.92 Å². The molecular formula is C13H25N3O3. The van der Waals surface area contributed by atoms with Gasteiger partial charge >= 0.3 is 12.0 Å². The Labute approximate surface area is 114 Å². The number of carbonyl (C=O) groups is 2. The van der Waals surface area contributed by atoms with Gasteiger partial charge in [0.15, 0.2) is 0 Å². The van der Waals surface area contributed by atoms with Crippen molar-refractivity contribution in [3.05, 3.63) is 0 Å². The molecular weight excluding hydrogens is 246 g/mol. The van der Waals surface area contributed by atoms with Gasteiger partial charge in [-0.15, -0.1) is 0 Å². The predicted molar refractivity (Wildman–Crippen MR) is 73.1 cm³/mol. The first-order valence-electron chi connectivity index (χ1n) is 6.92. The Kier molecular flexibility index (Phi) is 6.08. The highest BCUT2D eigenvalue weighted by molar-refractivity contribution is 5.82. The van der Waals surface area contributed by atoms with Crippen LogP contribution in [0.4, 0.5) is 4.79 Å². The molecule has 0 radical (unpaired) electrons. The molecule has 3 N–H and O–H groups in total. The average molecular weight is 271 g/mol. The Morgan fingerprint density at radius 3 is 2.68 bits per heavy atom. The second-order valence-electron chi connectivity index (χ2n) is 5.43. The van der Waals surface area contributed by atoms with Crippen molar-refractivity contribution >= 4 is 12.0 Å². The minimum Gasteiger partial charge on any atom is -0.480 e. The van der Waals surface area contributed by atoms with Crippen LogP contribution in [0.1, 0.15) is 33.1 Å². The highest BCUT2D eigenvalue weighted by Gasteiger charge is 2.27. The van der Waals surface area contributed by atoms with Gasteiger partial charge in [-0.05, 0) is 32.4 Å². The fourth-order valence-electron chi connectivity index (χ4n) is 2.48. The van der Waals surface area contributed by atoms with Crippen molar-refractivity contribution in [2.45, 2.75) is 45.2 Å². The molecule has 1 aliphatic heterocycles. The highest BCUT2D eigenvalue weighted by Crippen LogP contribution is 2.15. The van der Waals surface area contributed by atoms with Gasteiger partial charge in [0, 0.05) is 12.6 Å². The van der Waals surface area contributed by atoms with Crippen molar-refractivity contribution in [1.82, 2.24) is 15.5 Å². The Morgan fingerprint density at radius 2 is 2.16 bits per heavy atom. The molecule has 1 aliphatic rings. The van der Waals surface area contributed by atoms with Crippen molar-refractivity contribution in [2.24, 2.45) is 5.92 Å². The second kappa shape index (κ2) is 7.33. The highest BCUT2D eigenvalue weighted by atomic mass is 16.4. The SMILES string of the molecule is CCC[C@@H](NC(=O)NC1CCN(C)CC1C)C(=O)O. The molecule has 2 unspecified atom stereocenters. The zero-order valence-corrected chi connectivity index (χ0v) is 12.0. The van der Waals surface area contributed by atoms with Crippen LogP contribution in [0.25, 0.3) is 0 Å². The lowest BCUT2D eigenvalue weighted by Crippen LogP contribution is -2.54. The Balaban J connectivity index is 2.43. The van der Waals surface area contributed by atoms with E-state index in [1.165, 1.54) is 0 Å². The number of nitrogens with one attached hydrogen (secondary N) is 2. The second-order valence-corrected chi connectivity index (χ2v) is 5.43.